The minimum absolute atomic E-state index is 0.0832. The van der Waals surface area contributed by atoms with Gasteiger partial charge in [0.05, 0.1) is 30.5 Å². The van der Waals surface area contributed by atoms with Gasteiger partial charge in [-0.05, 0) is 24.3 Å². The Morgan fingerprint density at radius 1 is 1.07 bits per heavy atom. The Balaban J connectivity index is 1.57. The van der Waals surface area contributed by atoms with Crippen molar-refractivity contribution < 1.29 is 9.53 Å². The highest BCUT2D eigenvalue weighted by molar-refractivity contribution is 6.03. The topological polar surface area (TPSA) is 111 Å². The number of aromatic nitrogens is 4. The van der Waals surface area contributed by atoms with Gasteiger partial charge in [0.25, 0.3) is 11.5 Å². The molecule has 0 aliphatic carbocycles. The fraction of sp³-hybridized carbons (Fsp3) is 0.316. The summed E-state index contributed by atoms with van der Waals surface area (Å²) in [5.41, 5.74) is 0.234. The van der Waals surface area contributed by atoms with Crippen LogP contribution in [0.3, 0.4) is 0 Å². The predicted octanol–water partition coefficient (Wildman–Crippen LogP) is 0.116. The summed E-state index contributed by atoms with van der Waals surface area (Å²) in [6.07, 6.45) is 1.70. The average Bonchev–Trinajstić information content (AvgIpc) is 2.77. The number of anilines is 2. The zero-order valence-corrected chi connectivity index (χ0v) is 16.1. The van der Waals surface area contributed by atoms with E-state index in [1.54, 1.807) is 12.3 Å². The van der Waals surface area contributed by atoms with E-state index in [4.69, 9.17) is 4.74 Å². The SMILES string of the molecule is Cn1c(=O)c2ccc(C(=O)Nc3ccc(N4CCOCC4)cn3)nc2n(C)c1=O. The first-order valence-electron chi connectivity index (χ1n) is 9.12. The molecule has 1 fully saturated rings. The molecule has 0 atom stereocenters. The third-order valence-corrected chi connectivity index (χ3v) is 4.90. The number of nitrogens with zero attached hydrogens (tertiary/aromatic N) is 5. The molecule has 150 valence electrons. The van der Waals surface area contributed by atoms with Crippen LogP contribution < -0.4 is 21.5 Å². The summed E-state index contributed by atoms with van der Waals surface area (Å²) in [7, 11) is 2.90. The van der Waals surface area contributed by atoms with Crippen LogP contribution in [0.15, 0.2) is 40.1 Å². The fourth-order valence-electron chi connectivity index (χ4n) is 3.23. The molecule has 1 amide bonds. The largest absolute Gasteiger partial charge is 0.378 e. The highest BCUT2D eigenvalue weighted by Crippen LogP contribution is 2.17. The summed E-state index contributed by atoms with van der Waals surface area (Å²) in [6.45, 7) is 2.95. The van der Waals surface area contributed by atoms with Crippen LogP contribution >= 0.6 is 0 Å². The number of pyridine rings is 2. The molecule has 10 heteroatoms. The molecular formula is C19H20N6O4. The van der Waals surface area contributed by atoms with Gasteiger partial charge in [0.1, 0.15) is 17.2 Å². The van der Waals surface area contributed by atoms with Crippen molar-refractivity contribution in [2.24, 2.45) is 14.1 Å². The maximum atomic E-state index is 12.6. The summed E-state index contributed by atoms with van der Waals surface area (Å²) >= 11 is 0. The molecule has 0 saturated carbocycles. The van der Waals surface area contributed by atoms with Crippen molar-refractivity contribution in [3.63, 3.8) is 0 Å². The molecule has 1 saturated heterocycles. The van der Waals surface area contributed by atoms with Crippen LogP contribution in [-0.4, -0.2) is 51.3 Å². The maximum absolute atomic E-state index is 12.6. The second kappa shape index (κ2) is 7.47. The molecule has 0 bridgehead atoms. The number of morpholine rings is 1. The van der Waals surface area contributed by atoms with Crippen LogP contribution in [0, 0.1) is 0 Å². The van der Waals surface area contributed by atoms with Gasteiger partial charge in [-0.1, -0.05) is 0 Å². The Morgan fingerprint density at radius 3 is 2.52 bits per heavy atom. The highest BCUT2D eigenvalue weighted by atomic mass is 16.5. The molecule has 1 N–H and O–H groups in total. The first-order chi connectivity index (χ1) is 14.0. The first-order valence-corrected chi connectivity index (χ1v) is 9.12. The molecule has 1 aliphatic heterocycles. The average molecular weight is 396 g/mol. The molecule has 0 unspecified atom stereocenters. The van der Waals surface area contributed by atoms with Crippen LogP contribution in [0.2, 0.25) is 0 Å². The van der Waals surface area contributed by atoms with Gasteiger partial charge in [0.15, 0.2) is 0 Å². The lowest BCUT2D eigenvalue weighted by molar-refractivity contribution is 0.102. The first kappa shape index (κ1) is 18.8. The minimum Gasteiger partial charge on any atom is -0.378 e. The number of ether oxygens (including phenoxy) is 1. The standard InChI is InChI=1S/C19H20N6O4/c1-23-16-13(18(27)24(2)19(23)28)4-5-14(21-16)17(26)22-15-6-3-12(11-20-15)25-7-9-29-10-8-25/h3-6,11H,7-10H2,1-2H3,(H,20,22,26). The number of nitrogens with one attached hydrogen (secondary N) is 1. The number of carbonyl (C=O) groups is 1. The Hall–Kier alpha value is -3.53. The number of fused-ring (bicyclic) bond motifs is 1. The number of hydrogen-bond acceptors (Lipinski definition) is 7. The van der Waals surface area contributed by atoms with E-state index in [2.05, 4.69) is 20.2 Å². The van der Waals surface area contributed by atoms with Gasteiger partial charge in [0, 0.05) is 27.2 Å². The fourth-order valence-corrected chi connectivity index (χ4v) is 3.23. The van der Waals surface area contributed by atoms with E-state index in [0.29, 0.717) is 19.0 Å². The molecule has 4 heterocycles. The van der Waals surface area contributed by atoms with Crippen molar-refractivity contribution in [1.29, 1.82) is 0 Å². The van der Waals surface area contributed by atoms with Crippen molar-refractivity contribution in [2.75, 3.05) is 36.5 Å². The molecule has 3 aromatic rings. The summed E-state index contributed by atoms with van der Waals surface area (Å²) < 4.78 is 7.58. The third-order valence-electron chi connectivity index (χ3n) is 4.90. The quantitative estimate of drug-likeness (QED) is 0.669. The van der Waals surface area contributed by atoms with E-state index in [-0.39, 0.29) is 16.7 Å². The molecule has 10 nitrogen and oxygen atoms in total. The number of hydrogen-bond donors (Lipinski definition) is 1. The van der Waals surface area contributed by atoms with Gasteiger partial charge in [-0.2, -0.15) is 0 Å². The van der Waals surface area contributed by atoms with Crippen molar-refractivity contribution in [3.8, 4) is 0 Å². The molecular weight excluding hydrogens is 376 g/mol. The lowest BCUT2D eigenvalue weighted by Gasteiger charge is -2.28. The number of carbonyl (C=O) groups excluding carboxylic acids is 1. The van der Waals surface area contributed by atoms with E-state index in [1.807, 2.05) is 6.07 Å². The van der Waals surface area contributed by atoms with Crippen LogP contribution in [-0.2, 0) is 18.8 Å². The summed E-state index contributed by atoms with van der Waals surface area (Å²) in [4.78, 5) is 47.6. The number of aryl methyl sites for hydroxylation is 1. The normalized spacial score (nSPS) is 14.2. The molecule has 0 spiro atoms. The molecule has 29 heavy (non-hydrogen) atoms. The van der Waals surface area contributed by atoms with Crippen LogP contribution in [0.4, 0.5) is 11.5 Å². The summed E-state index contributed by atoms with van der Waals surface area (Å²) in [6, 6.07) is 6.55. The van der Waals surface area contributed by atoms with E-state index in [1.165, 1.54) is 30.8 Å². The van der Waals surface area contributed by atoms with Gasteiger partial charge < -0.3 is 15.0 Å². The monoisotopic (exact) mass is 396 g/mol. The molecule has 1 aliphatic rings. The molecule has 0 aromatic carbocycles. The van der Waals surface area contributed by atoms with Crippen LogP contribution in [0.25, 0.3) is 11.0 Å². The minimum atomic E-state index is -0.507. The second-order valence-electron chi connectivity index (χ2n) is 6.73. The smallest absolute Gasteiger partial charge is 0.332 e. The lowest BCUT2D eigenvalue weighted by Crippen LogP contribution is -2.37. The number of rotatable bonds is 3. The van der Waals surface area contributed by atoms with Gasteiger partial charge in [-0.25, -0.2) is 14.8 Å². The molecule has 3 aromatic heterocycles. The maximum Gasteiger partial charge on any atom is 0.332 e. The summed E-state index contributed by atoms with van der Waals surface area (Å²) in [5.74, 6) is -0.0987. The Labute approximate surface area is 165 Å². The Morgan fingerprint density at radius 2 is 1.83 bits per heavy atom. The van der Waals surface area contributed by atoms with E-state index >= 15 is 0 Å². The van der Waals surface area contributed by atoms with E-state index in [9.17, 15) is 14.4 Å². The van der Waals surface area contributed by atoms with Crippen molar-refractivity contribution in [1.82, 2.24) is 19.1 Å². The molecule has 0 radical (unpaired) electrons. The predicted molar refractivity (Wildman–Crippen MR) is 107 cm³/mol. The van der Waals surface area contributed by atoms with Crippen molar-refractivity contribution >= 4 is 28.4 Å². The Kier molecular flexibility index (Phi) is 4.85. The lowest BCUT2D eigenvalue weighted by atomic mass is 10.2. The Bertz CT molecular complexity index is 1190. The van der Waals surface area contributed by atoms with Crippen LogP contribution in [0.5, 0.6) is 0 Å². The van der Waals surface area contributed by atoms with E-state index < -0.39 is 17.2 Å². The number of amides is 1. The van der Waals surface area contributed by atoms with Crippen LogP contribution in [0.1, 0.15) is 10.5 Å². The van der Waals surface area contributed by atoms with Gasteiger partial charge in [-0.15, -0.1) is 0 Å². The summed E-state index contributed by atoms with van der Waals surface area (Å²) in [5, 5.41) is 2.95. The zero-order valence-electron chi connectivity index (χ0n) is 16.1. The molecule has 4 rings (SSSR count). The van der Waals surface area contributed by atoms with E-state index in [0.717, 1.165) is 23.3 Å². The van der Waals surface area contributed by atoms with Gasteiger partial charge in [0.2, 0.25) is 0 Å². The van der Waals surface area contributed by atoms with Crippen molar-refractivity contribution in [3.05, 3.63) is 57.0 Å². The van der Waals surface area contributed by atoms with Gasteiger partial charge in [-0.3, -0.25) is 18.7 Å². The third kappa shape index (κ3) is 3.49. The van der Waals surface area contributed by atoms with Gasteiger partial charge >= 0.3 is 5.69 Å². The van der Waals surface area contributed by atoms with Crippen molar-refractivity contribution in [2.45, 2.75) is 0 Å². The second-order valence-corrected chi connectivity index (χ2v) is 6.73. The highest BCUT2D eigenvalue weighted by Gasteiger charge is 2.15. The zero-order chi connectivity index (χ0) is 20.5.